The Hall–Kier alpha value is -1.87. The molecule has 0 atom stereocenters. The number of aryl methyl sites for hydroxylation is 1. The average molecular weight is 283 g/mol. The van der Waals surface area contributed by atoms with Gasteiger partial charge in [0.2, 0.25) is 0 Å². The highest BCUT2D eigenvalue weighted by Crippen LogP contribution is 2.26. The maximum Gasteiger partial charge on any atom is 0.195 e. The summed E-state index contributed by atoms with van der Waals surface area (Å²) in [4.78, 5) is 12.8. The highest BCUT2D eigenvalue weighted by molar-refractivity contribution is 7.12. The predicted octanol–water partition coefficient (Wildman–Crippen LogP) is 4.43. The SMILES string of the molecule is C=Cn1c(C=CC(=O)c2cccs2)cc2c1CCCC2. The van der Waals surface area contributed by atoms with Crippen LogP contribution in [0.5, 0.6) is 0 Å². The number of nitrogens with zero attached hydrogens (tertiary/aromatic N) is 1. The fraction of sp³-hybridized carbons (Fsp3) is 0.235. The van der Waals surface area contributed by atoms with Gasteiger partial charge in [-0.3, -0.25) is 4.79 Å². The highest BCUT2D eigenvalue weighted by atomic mass is 32.1. The van der Waals surface area contributed by atoms with Crippen molar-refractivity contribution in [1.82, 2.24) is 4.57 Å². The first-order valence-corrected chi connectivity index (χ1v) is 7.79. The molecule has 0 fully saturated rings. The van der Waals surface area contributed by atoms with E-state index >= 15 is 0 Å². The minimum absolute atomic E-state index is 0.0646. The van der Waals surface area contributed by atoms with Crippen molar-refractivity contribution in [1.29, 1.82) is 0 Å². The quantitative estimate of drug-likeness (QED) is 0.601. The average Bonchev–Trinajstić information content (AvgIpc) is 3.11. The maximum absolute atomic E-state index is 12.0. The molecule has 2 aromatic rings. The Kier molecular flexibility index (Phi) is 3.70. The molecule has 2 heterocycles. The molecule has 20 heavy (non-hydrogen) atoms. The molecule has 1 aliphatic rings. The molecule has 0 amide bonds. The Morgan fingerprint density at radius 2 is 2.20 bits per heavy atom. The minimum atomic E-state index is 0.0646. The first-order valence-electron chi connectivity index (χ1n) is 6.91. The number of allylic oxidation sites excluding steroid dienone is 1. The first-order chi connectivity index (χ1) is 9.79. The van der Waals surface area contributed by atoms with Gasteiger partial charge in [-0.05, 0) is 60.9 Å². The summed E-state index contributed by atoms with van der Waals surface area (Å²) in [5.41, 5.74) is 3.81. The highest BCUT2D eigenvalue weighted by Gasteiger charge is 2.15. The molecule has 3 heteroatoms. The van der Waals surface area contributed by atoms with Crippen LogP contribution in [0.3, 0.4) is 0 Å². The van der Waals surface area contributed by atoms with Crippen LogP contribution in [0.25, 0.3) is 12.3 Å². The number of fused-ring (bicyclic) bond motifs is 1. The van der Waals surface area contributed by atoms with E-state index in [0.717, 1.165) is 23.4 Å². The van der Waals surface area contributed by atoms with Gasteiger partial charge in [-0.15, -0.1) is 11.3 Å². The van der Waals surface area contributed by atoms with E-state index in [-0.39, 0.29) is 5.78 Å². The Labute approximate surface area is 123 Å². The van der Waals surface area contributed by atoms with Crippen molar-refractivity contribution in [3.05, 3.63) is 58.1 Å². The van der Waals surface area contributed by atoms with Gasteiger partial charge in [-0.1, -0.05) is 12.6 Å². The summed E-state index contributed by atoms with van der Waals surface area (Å²) in [6.45, 7) is 3.90. The molecule has 0 spiro atoms. The molecule has 0 saturated carbocycles. The van der Waals surface area contributed by atoms with Crippen LogP contribution in [0, 0.1) is 0 Å². The number of ketones is 1. The molecule has 3 rings (SSSR count). The van der Waals surface area contributed by atoms with E-state index in [1.54, 1.807) is 6.08 Å². The van der Waals surface area contributed by atoms with Crippen LogP contribution in [0.15, 0.2) is 36.2 Å². The van der Waals surface area contributed by atoms with Crippen molar-refractivity contribution >= 4 is 29.4 Å². The van der Waals surface area contributed by atoms with Crippen LogP contribution in [0.4, 0.5) is 0 Å². The molecule has 0 N–H and O–H groups in total. The number of hydrogen-bond acceptors (Lipinski definition) is 2. The van der Waals surface area contributed by atoms with Gasteiger partial charge < -0.3 is 4.57 Å². The largest absolute Gasteiger partial charge is 0.321 e. The monoisotopic (exact) mass is 283 g/mol. The summed E-state index contributed by atoms with van der Waals surface area (Å²) in [6.07, 6.45) is 10.1. The van der Waals surface area contributed by atoms with Crippen molar-refractivity contribution < 1.29 is 4.79 Å². The van der Waals surface area contributed by atoms with Crippen molar-refractivity contribution in [3.63, 3.8) is 0 Å². The Morgan fingerprint density at radius 1 is 1.35 bits per heavy atom. The molecular weight excluding hydrogens is 266 g/mol. The van der Waals surface area contributed by atoms with E-state index in [0.29, 0.717) is 0 Å². The predicted molar refractivity (Wildman–Crippen MR) is 85.1 cm³/mol. The number of carbonyl (C=O) groups is 1. The zero-order chi connectivity index (χ0) is 13.9. The molecule has 0 aliphatic heterocycles. The lowest BCUT2D eigenvalue weighted by atomic mass is 9.98. The van der Waals surface area contributed by atoms with E-state index in [1.807, 2.05) is 29.8 Å². The number of rotatable bonds is 4. The van der Waals surface area contributed by atoms with Gasteiger partial charge in [-0.25, -0.2) is 0 Å². The van der Waals surface area contributed by atoms with Crippen LogP contribution in [0.2, 0.25) is 0 Å². The molecule has 102 valence electrons. The fourth-order valence-electron chi connectivity index (χ4n) is 2.75. The lowest BCUT2D eigenvalue weighted by Gasteiger charge is -2.13. The van der Waals surface area contributed by atoms with Crippen molar-refractivity contribution in [2.24, 2.45) is 0 Å². The number of carbonyl (C=O) groups excluding carboxylic acids is 1. The lowest BCUT2D eigenvalue weighted by molar-refractivity contribution is 0.105. The summed E-state index contributed by atoms with van der Waals surface area (Å²) in [5.74, 6) is 0.0646. The molecule has 0 bridgehead atoms. The van der Waals surface area contributed by atoms with Crippen molar-refractivity contribution in [2.45, 2.75) is 25.7 Å². The second kappa shape index (κ2) is 5.63. The Balaban J connectivity index is 1.89. The standard InChI is InChI=1S/C17H17NOS/c1-2-18-14(12-13-6-3-4-7-15(13)18)9-10-16(19)17-8-5-11-20-17/h2,5,8-12H,1,3-4,6-7H2. The minimum Gasteiger partial charge on any atom is -0.321 e. The summed E-state index contributed by atoms with van der Waals surface area (Å²) >= 11 is 1.48. The molecule has 0 unspecified atom stereocenters. The van der Waals surface area contributed by atoms with Crippen LogP contribution >= 0.6 is 11.3 Å². The molecule has 0 aromatic carbocycles. The van der Waals surface area contributed by atoms with Gasteiger partial charge in [0, 0.05) is 17.6 Å². The smallest absolute Gasteiger partial charge is 0.195 e. The number of aromatic nitrogens is 1. The van der Waals surface area contributed by atoms with E-state index in [2.05, 4.69) is 17.2 Å². The zero-order valence-electron chi connectivity index (χ0n) is 11.3. The Bertz CT molecular complexity index is 661. The number of thiophene rings is 1. The normalized spacial score (nSPS) is 14.4. The van der Waals surface area contributed by atoms with E-state index in [1.165, 1.54) is 35.4 Å². The third kappa shape index (κ3) is 2.41. The van der Waals surface area contributed by atoms with E-state index in [4.69, 9.17) is 0 Å². The van der Waals surface area contributed by atoms with Gasteiger partial charge >= 0.3 is 0 Å². The summed E-state index contributed by atoms with van der Waals surface area (Å²) in [7, 11) is 0. The van der Waals surface area contributed by atoms with Gasteiger partial charge in [0.25, 0.3) is 0 Å². The summed E-state index contributed by atoms with van der Waals surface area (Å²) < 4.78 is 2.12. The summed E-state index contributed by atoms with van der Waals surface area (Å²) in [5, 5.41) is 1.92. The lowest BCUT2D eigenvalue weighted by Crippen LogP contribution is -2.04. The molecular formula is C17H17NOS. The maximum atomic E-state index is 12.0. The van der Waals surface area contributed by atoms with Gasteiger partial charge in [0.1, 0.15) is 0 Å². The third-order valence-corrected chi connectivity index (χ3v) is 4.61. The summed E-state index contributed by atoms with van der Waals surface area (Å²) in [6, 6.07) is 5.94. The molecule has 2 aromatic heterocycles. The third-order valence-electron chi connectivity index (χ3n) is 3.72. The van der Waals surface area contributed by atoms with E-state index < -0.39 is 0 Å². The second-order valence-electron chi connectivity index (χ2n) is 4.98. The first kappa shape index (κ1) is 13.1. The Morgan fingerprint density at radius 3 is 2.95 bits per heavy atom. The second-order valence-corrected chi connectivity index (χ2v) is 5.92. The molecule has 0 saturated heterocycles. The van der Waals surface area contributed by atoms with E-state index in [9.17, 15) is 4.79 Å². The van der Waals surface area contributed by atoms with Crippen LogP contribution in [-0.4, -0.2) is 10.4 Å². The van der Waals surface area contributed by atoms with Crippen LogP contribution in [-0.2, 0) is 12.8 Å². The molecule has 1 aliphatic carbocycles. The fourth-order valence-corrected chi connectivity index (χ4v) is 3.40. The van der Waals surface area contributed by atoms with Gasteiger partial charge in [0.15, 0.2) is 5.78 Å². The van der Waals surface area contributed by atoms with Gasteiger partial charge in [0.05, 0.1) is 4.88 Å². The van der Waals surface area contributed by atoms with Crippen LogP contribution < -0.4 is 0 Å². The number of hydrogen-bond donors (Lipinski definition) is 0. The van der Waals surface area contributed by atoms with Gasteiger partial charge in [-0.2, -0.15) is 0 Å². The topological polar surface area (TPSA) is 22.0 Å². The molecule has 0 radical (unpaired) electrons. The van der Waals surface area contributed by atoms with Crippen LogP contribution in [0.1, 0.15) is 39.5 Å². The molecule has 2 nitrogen and oxygen atoms in total. The van der Waals surface area contributed by atoms with Crippen molar-refractivity contribution in [3.8, 4) is 0 Å². The van der Waals surface area contributed by atoms with Crippen molar-refractivity contribution in [2.75, 3.05) is 0 Å². The zero-order valence-corrected chi connectivity index (χ0v) is 12.2.